The van der Waals surface area contributed by atoms with Crippen LogP contribution in [0.2, 0.25) is 5.02 Å². The molecule has 0 aliphatic carbocycles. The van der Waals surface area contributed by atoms with Crippen LogP contribution in [-0.4, -0.2) is 33.0 Å². The van der Waals surface area contributed by atoms with Gasteiger partial charge in [0.1, 0.15) is 5.75 Å². The van der Waals surface area contributed by atoms with E-state index in [-0.39, 0.29) is 14.8 Å². The summed E-state index contributed by atoms with van der Waals surface area (Å²) >= 11 is 6.21. The van der Waals surface area contributed by atoms with Crippen molar-refractivity contribution in [2.24, 2.45) is 4.99 Å². The average molecular weight is 473 g/mol. The second-order valence-corrected chi connectivity index (χ2v) is 9.23. The van der Waals surface area contributed by atoms with Gasteiger partial charge in [0.05, 0.1) is 21.4 Å². The number of nitrogens with zero attached hydrogens (tertiary/aromatic N) is 2. The lowest BCUT2D eigenvalue weighted by Crippen LogP contribution is -2.30. The Kier molecular flexibility index (Phi) is 8.08. The number of hydrogen-bond donors (Lipinski definition) is 2. The molecule has 2 aromatic carbocycles. The van der Waals surface area contributed by atoms with E-state index in [0.29, 0.717) is 24.9 Å². The number of ether oxygens (including phenoxy) is 1. The minimum absolute atomic E-state index is 0.124. The largest absolute Gasteiger partial charge is 0.492 e. The van der Waals surface area contributed by atoms with Crippen molar-refractivity contribution in [1.29, 1.82) is 0 Å². The van der Waals surface area contributed by atoms with Gasteiger partial charge in [0, 0.05) is 31.7 Å². The molecule has 9 heteroatoms. The van der Waals surface area contributed by atoms with Crippen molar-refractivity contribution in [1.82, 2.24) is 10.3 Å². The van der Waals surface area contributed by atoms with Gasteiger partial charge < -0.3 is 15.4 Å². The predicted octanol–water partition coefficient (Wildman–Crippen LogP) is 4.54. The average Bonchev–Trinajstić information content (AvgIpc) is 2.81. The number of benzene rings is 2. The maximum absolute atomic E-state index is 13.0. The summed E-state index contributed by atoms with van der Waals surface area (Å²) in [6.45, 7) is 2.98. The summed E-state index contributed by atoms with van der Waals surface area (Å²) in [6.07, 6.45) is 4.21. The highest BCUT2D eigenvalue weighted by Crippen LogP contribution is 2.30. The smallest absolute Gasteiger partial charge is 0.206 e. The van der Waals surface area contributed by atoms with Crippen LogP contribution in [0.5, 0.6) is 5.75 Å². The van der Waals surface area contributed by atoms with E-state index in [2.05, 4.69) is 20.6 Å². The van der Waals surface area contributed by atoms with Crippen LogP contribution in [0, 0.1) is 0 Å². The maximum atomic E-state index is 13.0. The summed E-state index contributed by atoms with van der Waals surface area (Å²) in [4.78, 5) is 8.48. The molecule has 1 aromatic heterocycles. The van der Waals surface area contributed by atoms with Gasteiger partial charge in [-0.3, -0.25) is 9.98 Å². The number of aliphatic imine (C=N–C) groups is 1. The molecule has 168 valence electrons. The highest BCUT2D eigenvalue weighted by atomic mass is 35.5. The third kappa shape index (κ3) is 5.99. The van der Waals surface area contributed by atoms with Crippen LogP contribution in [0.25, 0.3) is 0 Å². The first kappa shape index (κ1) is 23.6. The topological polar surface area (TPSA) is 92.7 Å². The number of pyridine rings is 1. The van der Waals surface area contributed by atoms with E-state index in [9.17, 15) is 8.42 Å². The molecule has 0 aliphatic rings. The molecule has 0 radical (unpaired) electrons. The number of guanidine groups is 1. The van der Waals surface area contributed by atoms with Crippen LogP contribution >= 0.6 is 11.6 Å². The molecule has 2 N–H and O–H groups in total. The molecule has 7 nitrogen and oxygen atoms in total. The van der Waals surface area contributed by atoms with E-state index < -0.39 is 9.84 Å². The minimum Gasteiger partial charge on any atom is -0.492 e. The molecule has 0 aliphatic heterocycles. The molecular weight excluding hydrogens is 448 g/mol. The van der Waals surface area contributed by atoms with Crippen molar-refractivity contribution >= 4 is 33.1 Å². The molecule has 0 spiro atoms. The first-order valence-corrected chi connectivity index (χ1v) is 11.9. The standard InChI is InChI=1S/C23H25ClN4O3S/c1-3-14-31-22-9-8-20(15-21(22)24)32(29,30)19-6-4-17(5-7-19)16-27-23(25-2)28-18-10-12-26-13-11-18/h4-13,15H,3,14,16H2,1-2H3,(H2,25,26,27,28). The molecule has 0 saturated carbocycles. The fourth-order valence-corrected chi connectivity index (χ4v) is 4.42. The zero-order valence-corrected chi connectivity index (χ0v) is 19.4. The quantitative estimate of drug-likeness (QED) is 0.369. The summed E-state index contributed by atoms with van der Waals surface area (Å²) in [6, 6.07) is 14.9. The molecule has 0 fully saturated rings. The normalized spacial score (nSPS) is 11.8. The summed E-state index contributed by atoms with van der Waals surface area (Å²) in [5.41, 5.74) is 1.77. The van der Waals surface area contributed by atoms with Gasteiger partial charge >= 0.3 is 0 Å². The van der Waals surface area contributed by atoms with E-state index >= 15 is 0 Å². The molecule has 32 heavy (non-hydrogen) atoms. The van der Waals surface area contributed by atoms with Crippen molar-refractivity contribution in [3.05, 3.63) is 77.6 Å². The van der Waals surface area contributed by atoms with Crippen LogP contribution in [0.4, 0.5) is 5.69 Å². The second kappa shape index (κ2) is 11.0. The van der Waals surface area contributed by atoms with Crippen molar-refractivity contribution in [2.75, 3.05) is 19.0 Å². The lowest BCUT2D eigenvalue weighted by molar-refractivity contribution is 0.317. The van der Waals surface area contributed by atoms with Crippen molar-refractivity contribution in [2.45, 2.75) is 29.7 Å². The second-order valence-electron chi connectivity index (χ2n) is 6.87. The summed E-state index contributed by atoms with van der Waals surface area (Å²) in [7, 11) is -2.02. The van der Waals surface area contributed by atoms with Gasteiger partial charge in [0.25, 0.3) is 0 Å². The van der Waals surface area contributed by atoms with Crippen LogP contribution in [0.1, 0.15) is 18.9 Å². The van der Waals surface area contributed by atoms with E-state index in [4.69, 9.17) is 16.3 Å². The first-order valence-electron chi connectivity index (χ1n) is 10.1. The molecule has 0 bridgehead atoms. The van der Waals surface area contributed by atoms with Gasteiger partial charge in [0.15, 0.2) is 5.96 Å². The van der Waals surface area contributed by atoms with Gasteiger partial charge in [-0.25, -0.2) is 8.42 Å². The number of sulfone groups is 1. The lowest BCUT2D eigenvalue weighted by Gasteiger charge is -2.12. The van der Waals surface area contributed by atoms with Crippen molar-refractivity contribution in [3.63, 3.8) is 0 Å². The monoisotopic (exact) mass is 472 g/mol. The van der Waals surface area contributed by atoms with Crippen LogP contribution in [0.15, 0.2) is 81.8 Å². The van der Waals surface area contributed by atoms with Crippen LogP contribution < -0.4 is 15.4 Å². The Bertz CT molecular complexity index is 1170. The lowest BCUT2D eigenvalue weighted by atomic mass is 10.2. The van der Waals surface area contributed by atoms with E-state index in [1.807, 2.05) is 19.1 Å². The highest BCUT2D eigenvalue weighted by molar-refractivity contribution is 7.91. The SMILES string of the molecule is CCCOc1ccc(S(=O)(=O)c2ccc(CN/C(=N\C)Nc3ccncc3)cc2)cc1Cl. The molecule has 3 rings (SSSR count). The van der Waals surface area contributed by atoms with Gasteiger partial charge in [-0.05, 0) is 54.4 Å². The Balaban J connectivity index is 1.67. The third-order valence-electron chi connectivity index (χ3n) is 4.54. The van der Waals surface area contributed by atoms with Gasteiger partial charge in [-0.15, -0.1) is 0 Å². The number of rotatable bonds is 8. The fraction of sp³-hybridized carbons (Fsp3) is 0.217. The Morgan fingerprint density at radius 1 is 1.06 bits per heavy atom. The number of aromatic nitrogens is 1. The minimum atomic E-state index is -3.69. The number of halogens is 1. The van der Waals surface area contributed by atoms with Crippen molar-refractivity contribution < 1.29 is 13.2 Å². The molecule has 3 aromatic rings. The highest BCUT2D eigenvalue weighted by Gasteiger charge is 2.19. The van der Waals surface area contributed by atoms with Crippen LogP contribution in [-0.2, 0) is 16.4 Å². The molecule has 0 unspecified atom stereocenters. The Morgan fingerprint density at radius 2 is 1.75 bits per heavy atom. The maximum Gasteiger partial charge on any atom is 0.206 e. The van der Waals surface area contributed by atoms with E-state index in [1.54, 1.807) is 49.8 Å². The molecule has 1 heterocycles. The summed E-state index contributed by atoms with van der Waals surface area (Å²) in [5, 5.41) is 6.62. The van der Waals surface area contributed by atoms with E-state index in [0.717, 1.165) is 17.7 Å². The number of nitrogens with one attached hydrogen (secondary N) is 2. The van der Waals surface area contributed by atoms with Crippen molar-refractivity contribution in [3.8, 4) is 5.75 Å². The number of anilines is 1. The molecular formula is C23H25ClN4O3S. The zero-order chi connectivity index (χ0) is 23.0. The molecule has 0 saturated heterocycles. The zero-order valence-electron chi connectivity index (χ0n) is 17.9. The predicted molar refractivity (Wildman–Crippen MR) is 127 cm³/mol. The third-order valence-corrected chi connectivity index (χ3v) is 6.60. The van der Waals surface area contributed by atoms with Crippen LogP contribution in [0.3, 0.4) is 0 Å². The fourth-order valence-electron chi connectivity index (χ4n) is 2.84. The summed E-state index contributed by atoms with van der Waals surface area (Å²) in [5.74, 6) is 1.07. The van der Waals surface area contributed by atoms with Gasteiger partial charge in [-0.2, -0.15) is 0 Å². The van der Waals surface area contributed by atoms with E-state index in [1.165, 1.54) is 12.1 Å². The molecule has 0 atom stereocenters. The Hall–Kier alpha value is -3.10. The summed E-state index contributed by atoms with van der Waals surface area (Å²) < 4.78 is 31.5. The molecule has 0 amide bonds. The van der Waals surface area contributed by atoms with Gasteiger partial charge in [0.2, 0.25) is 9.84 Å². The van der Waals surface area contributed by atoms with Gasteiger partial charge in [-0.1, -0.05) is 30.7 Å². The number of hydrogen-bond acceptors (Lipinski definition) is 5. The Morgan fingerprint density at radius 3 is 2.38 bits per heavy atom. The Labute approximate surface area is 193 Å². The first-order chi connectivity index (χ1) is 15.4.